The SMILES string of the molecule is CC(CC(=O)Nc1ccc(F)cc1F)c1ccc(N)cc1. The standard InChI is InChI=1S/C16H16F2N2O/c1-10(11-2-5-13(19)6-3-11)8-16(21)20-15-7-4-12(17)9-14(15)18/h2-7,9-10H,8,19H2,1H3,(H,20,21). The number of halogens is 2. The van der Waals surface area contributed by atoms with Crippen LogP contribution in [0.4, 0.5) is 20.2 Å². The van der Waals surface area contributed by atoms with Crippen LogP contribution in [0.25, 0.3) is 0 Å². The first-order valence-electron chi connectivity index (χ1n) is 6.56. The molecule has 110 valence electrons. The van der Waals surface area contributed by atoms with E-state index in [1.807, 2.05) is 19.1 Å². The maximum atomic E-state index is 13.4. The summed E-state index contributed by atoms with van der Waals surface area (Å²) in [6.07, 6.45) is 0.195. The van der Waals surface area contributed by atoms with Crippen molar-refractivity contribution in [3.63, 3.8) is 0 Å². The Balaban J connectivity index is 1.99. The second kappa shape index (κ2) is 6.35. The molecule has 21 heavy (non-hydrogen) atoms. The van der Waals surface area contributed by atoms with Crippen molar-refractivity contribution in [2.24, 2.45) is 0 Å². The summed E-state index contributed by atoms with van der Waals surface area (Å²) in [4.78, 5) is 11.9. The average molecular weight is 290 g/mol. The van der Waals surface area contributed by atoms with Crippen LogP contribution in [-0.4, -0.2) is 5.91 Å². The zero-order chi connectivity index (χ0) is 15.4. The van der Waals surface area contributed by atoms with Crippen LogP contribution in [0.1, 0.15) is 24.8 Å². The van der Waals surface area contributed by atoms with Gasteiger partial charge in [-0.15, -0.1) is 0 Å². The average Bonchev–Trinajstić information content (AvgIpc) is 2.42. The summed E-state index contributed by atoms with van der Waals surface area (Å²) in [5.41, 5.74) is 7.21. The molecule has 0 fully saturated rings. The van der Waals surface area contributed by atoms with Gasteiger partial charge in [-0.2, -0.15) is 0 Å². The van der Waals surface area contributed by atoms with Crippen LogP contribution >= 0.6 is 0 Å². The molecule has 0 aromatic heterocycles. The number of carbonyl (C=O) groups excluding carboxylic acids is 1. The fraction of sp³-hybridized carbons (Fsp3) is 0.188. The normalized spacial score (nSPS) is 12.0. The van der Waals surface area contributed by atoms with Crippen molar-refractivity contribution in [2.75, 3.05) is 11.1 Å². The number of rotatable bonds is 4. The molecule has 0 aliphatic carbocycles. The summed E-state index contributed by atoms with van der Waals surface area (Å²) < 4.78 is 26.2. The molecule has 0 aliphatic rings. The van der Waals surface area contributed by atoms with E-state index in [0.29, 0.717) is 5.69 Å². The first kappa shape index (κ1) is 15.0. The number of hydrogen-bond donors (Lipinski definition) is 2. The topological polar surface area (TPSA) is 55.1 Å². The van der Waals surface area contributed by atoms with Gasteiger partial charge in [0, 0.05) is 18.2 Å². The fourth-order valence-electron chi connectivity index (χ4n) is 2.01. The van der Waals surface area contributed by atoms with E-state index in [1.54, 1.807) is 12.1 Å². The van der Waals surface area contributed by atoms with Crippen molar-refractivity contribution >= 4 is 17.3 Å². The second-order valence-electron chi connectivity index (χ2n) is 4.94. The van der Waals surface area contributed by atoms with Gasteiger partial charge in [0.2, 0.25) is 5.91 Å². The maximum Gasteiger partial charge on any atom is 0.225 e. The molecule has 0 radical (unpaired) electrons. The Morgan fingerprint density at radius 3 is 2.48 bits per heavy atom. The van der Waals surface area contributed by atoms with Gasteiger partial charge in [-0.05, 0) is 35.7 Å². The summed E-state index contributed by atoms with van der Waals surface area (Å²) >= 11 is 0. The van der Waals surface area contributed by atoms with Gasteiger partial charge in [-0.1, -0.05) is 19.1 Å². The maximum absolute atomic E-state index is 13.4. The molecule has 5 heteroatoms. The molecule has 2 aromatic carbocycles. The van der Waals surface area contributed by atoms with E-state index in [4.69, 9.17) is 5.73 Å². The molecule has 3 N–H and O–H groups in total. The molecule has 0 saturated carbocycles. The molecule has 1 unspecified atom stereocenters. The third-order valence-corrected chi connectivity index (χ3v) is 3.20. The fourth-order valence-corrected chi connectivity index (χ4v) is 2.01. The molecule has 3 nitrogen and oxygen atoms in total. The van der Waals surface area contributed by atoms with Crippen molar-refractivity contribution in [1.29, 1.82) is 0 Å². The zero-order valence-corrected chi connectivity index (χ0v) is 11.6. The number of nitrogens with one attached hydrogen (secondary N) is 1. The lowest BCUT2D eigenvalue weighted by Crippen LogP contribution is -2.15. The van der Waals surface area contributed by atoms with Crippen molar-refractivity contribution in [1.82, 2.24) is 0 Å². The molecule has 0 aliphatic heterocycles. The monoisotopic (exact) mass is 290 g/mol. The summed E-state index contributed by atoms with van der Waals surface area (Å²) in [6.45, 7) is 1.89. The molecule has 2 rings (SSSR count). The molecule has 1 atom stereocenters. The number of nitrogens with two attached hydrogens (primary N) is 1. The van der Waals surface area contributed by atoms with Gasteiger partial charge in [-0.3, -0.25) is 4.79 Å². The number of carbonyl (C=O) groups is 1. The molecule has 1 amide bonds. The lowest BCUT2D eigenvalue weighted by atomic mass is 9.97. The Morgan fingerprint density at radius 2 is 1.86 bits per heavy atom. The van der Waals surface area contributed by atoms with Crippen molar-refractivity contribution < 1.29 is 13.6 Å². The Morgan fingerprint density at radius 1 is 1.19 bits per heavy atom. The first-order valence-corrected chi connectivity index (χ1v) is 6.56. The van der Waals surface area contributed by atoms with Crippen LogP contribution < -0.4 is 11.1 Å². The molecule has 0 saturated heterocycles. The van der Waals surface area contributed by atoms with Crippen molar-refractivity contribution in [3.05, 3.63) is 59.7 Å². The van der Waals surface area contributed by atoms with Gasteiger partial charge >= 0.3 is 0 Å². The number of benzene rings is 2. The van der Waals surface area contributed by atoms with Crippen LogP contribution in [0.15, 0.2) is 42.5 Å². The van der Waals surface area contributed by atoms with Crippen LogP contribution in [0.2, 0.25) is 0 Å². The predicted molar refractivity (Wildman–Crippen MR) is 78.9 cm³/mol. The van der Waals surface area contributed by atoms with E-state index in [1.165, 1.54) is 6.07 Å². The highest BCUT2D eigenvalue weighted by Crippen LogP contribution is 2.22. The van der Waals surface area contributed by atoms with Crippen molar-refractivity contribution in [3.8, 4) is 0 Å². The third kappa shape index (κ3) is 4.02. The van der Waals surface area contributed by atoms with Crippen LogP contribution in [0.3, 0.4) is 0 Å². The minimum atomic E-state index is -0.788. The predicted octanol–water partition coefficient (Wildman–Crippen LogP) is 3.68. The van der Waals surface area contributed by atoms with Gasteiger partial charge in [0.25, 0.3) is 0 Å². The summed E-state index contributed by atoms with van der Waals surface area (Å²) in [6, 6.07) is 10.3. The van der Waals surface area contributed by atoms with Crippen molar-refractivity contribution in [2.45, 2.75) is 19.3 Å². The van der Waals surface area contributed by atoms with E-state index in [2.05, 4.69) is 5.32 Å². The summed E-state index contributed by atoms with van der Waals surface area (Å²) in [5.74, 6) is -1.83. The van der Waals surface area contributed by atoms with Gasteiger partial charge in [0.1, 0.15) is 11.6 Å². The summed E-state index contributed by atoms with van der Waals surface area (Å²) in [5, 5.41) is 2.44. The Labute approximate surface area is 121 Å². The van der Waals surface area contributed by atoms with Crippen LogP contribution in [0.5, 0.6) is 0 Å². The van der Waals surface area contributed by atoms with Gasteiger partial charge in [0.15, 0.2) is 0 Å². The van der Waals surface area contributed by atoms with Gasteiger partial charge < -0.3 is 11.1 Å². The molecular weight excluding hydrogens is 274 g/mol. The highest BCUT2D eigenvalue weighted by Gasteiger charge is 2.13. The number of amides is 1. The van der Waals surface area contributed by atoms with Crippen LogP contribution in [-0.2, 0) is 4.79 Å². The Kier molecular flexibility index (Phi) is 4.52. The quantitative estimate of drug-likeness (QED) is 0.844. The highest BCUT2D eigenvalue weighted by molar-refractivity contribution is 5.91. The number of anilines is 2. The van der Waals surface area contributed by atoms with E-state index in [0.717, 1.165) is 17.7 Å². The molecule has 2 aromatic rings. The lowest BCUT2D eigenvalue weighted by Gasteiger charge is -2.12. The molecular formula is C16H16F2N2O. The number of hydrogen-bond acceptors (Lipinski definition) is 2. The van der Waals surface area contributed by atoms with E-state index in [-0.39, 0.29) is 23.9 Å². The molecule has 0 heterocycles. The zero-order valence-electron chi connectivity index (χ0n) is 11.6. The first-order chi connectivity index (χ1) is 9.95. The minimum Gasteiger partial charge on any atom is -0.399 e. The van der Waals surface area contributed by atoms with E-state index >= 15 is 0 Å². The third-order valence-electron chi connectivity index (χ3n) is 3.20. The highest BCUT2D eigenvalue weighted by atomic mass is 19.1. The lowest BCUT2D eigenvalue weighted by molar-refractivity contribution is -0.116. The number of nitrogen functional groups attached to an aromatic ring is 1. The minimum absolute atomic E-state index is 0.0223. The molecule has 0 spiro atoms. The van der Waals surface area contributed by atoms with E-state index < -0.39 is 11.6 Å². The second-order valence-corrected chi connectivity index (χ2v) is 4.94. The van der Waals surface area contributed by atoms with E-state index in [9.17, 15) is 13.6 Å². The van der Waals surface area contributed by atoms with Crippen LogP contribution in [0, 0.1) is 11.6 Å². The smallest absolute Gasteiger partial charge is 0.225 e. The molecule has 0 bridgehead atoms. The largest absolute Gasteiger partial charge is 0.399 e. The van der Waals surface area contributed by atoms with Gasteiger partial charge in [-0.25, -0.2) is 8.78 Å². The van der Waals surface area contributed by atoms with Gasteiger partial charge in [0.05, 0.1) is 5.69 Å². The summed E-state index contributed by atoms with van der Waals surface area (Å²) in [7, 11) is 0. The Bertz CT molecular complexity index is 641. The Hall–Kier alpha value is -2.43.